The SMILES string of the molecule is C/C=C/C=C/C1=CC2=CC(=O)[C@@]3(C)OC(=O)C(C(C)=O)=C3C2=CO1. The van der Waals surface area contributed by atoms with E-state index in [0.717, 1.165) is 0 Å². The van der Waals surface area contributed by atoms with Gasteiger partial charge in [0.15, 0.2) is 11.4 Å². The number of allylic oxidation sites excluding steroid dienone is 6. The summed E-state index contributed by atoms with van der Waals surface area (Å²) in [5, 5.41) is 0. The van der Waals surface area contributed by atoms with Crippen molar-refractivity contribution in [2.75, 3.05) is 0 Å². The van der Waals surface area contributed by atoms with E-state index < -0.39 is 17.4 Å². The van der Waals surface area contributed by atoms with Gasteiger partial charge in [0.05, 0.1) is 6.26 Å². The molecule has 122 valence electrons. The fourth-order valence-corrected chi connectivity index (χ4v) is 2.92. The van der Waals surface area contributed by atoms with E-state index in [-0.39, 0.29) is 16.9 Å². The van der Waals surface area contributed by atoms with Crippen LogP contribution in [0, 0.1) is 0 Å². The average Bonchev–Trinajstić information content (AvgIpc) is 2.80. The Labute approximate surface area is 139 Å². The molecule has 0 bridgehead atoms. The molecule has 5 nitrogen and oxygen atoms in total. The highest BCUT2D eigenvalue weighted by Gasteiger charge is 2.54. The number of esters is 1. The van der Waals surface area contributed by atoms with Crippen molar-refractivity contribution in [3.8, 4) is 0 Å². The van der Waals surface area contributed by atoms with E-state index in [4.69, 9.17) is 9.47 Å². The van der Waals surface area contributed by atoms with Crippen molar-refractivity contribution >= 4 is 17.5 Å². The molecule has 0 radical (unpaired) electrons. The number of hydrogen-bond acceptors (Lipinski definition) is 5. The summed E-state index contributed by atoms with van der Waals surface area (Å²) in [5.41, 5.74) is -0.154. The zero-order valence-corrected chi connectivity index (χ0v) is 13.6. The van der Waals surface area contributed by atoms with Crippen molar-refractivity contribution < 1.29 is 23.9 Å². The molecule has 0 saturated carbocycles. The van der Waals surface area contributed by atoms with Gasteiger partial charge in [-0.2, -0.15) is 0 Å². The summed E-state index contributed by atoms with van der Waals surface area (Å²) in [4.78, 5) is 36.5. The van der Waals surface area contributed by atoms with E-state index in [1.165, 1.54) is 26.2 Å². The molecular formula is C19H16O5. The molecular weight excluding hydrogens is 308 g/mol. The zero-order chi connectivity index (χ0) is 17.5. The van der Waals surface area contributed by atoms with Crippen LogP contribution in [0.3, 0.4) is 0 Å². The first-order chi connectivity index (χ1) is 11.4. The first kappa shape index (κ1) is 15.9. The van der Waals surface area contributed by atoms with Crippen LogP contribution in [0.1, 0.15) is 20.8 Å². The van der Waals surface area contributed by atoms with E-state index in [9.17, 15) is 14.4 Å². The average molecular weight is 324 g/mol. The fourth-order valence-electron chi connectivity index (χ4n) is 2.92. The van der Waals surface area contributed by atoms with E-state index in [1.807, 2.05) is 25.2 Å². The maximum absolute atomic E-state index is 12.5. The lowest BCUT2D eigenvalue weighted by Crippen LogP contribution is -2.40. The smallest absolute Gasteiger partial charge is 0.343 e. The molecule has 3 aliphatic rings. The Kier molecular flexibility index (Phi) is 3.72. The Morgan fingerprint density at radius 1 is 1.21 bits per heavy atom. The van der Waals surface area contributed by atoms with E-state index >= 15 is 0 Å². The van der Waals surface area contributed by atoms with E-state index in [2.05, 4.69) is 0 Å². The van der Waals surface area contributed by atoms with Crippen LogP contribution in [0.4, 0.5) is 0 Å². The largest absolute Gasteiger partial charge is 0.464 e. The van der Waals surface area contributed by atoms with Gasteiger partial charge in [-0.15, -0.1) is 0 Å². The van der Waals surface area contributed by atoms with Crippen molar-refractivity contribution in [2.24, 2.45) is 0 Å². The molecule has 0 unspecified atom stereocenters. The predicted molar refractivity (Wildman–Crippen MR) is 86.5 cm³/mol. The highest BCUT2D eigenvalue weighted by Crippen LogP contribution is 2.46. The number of rotatable bonds is 3. The quantitative estimate of drug-likeness (QED) is 0.453. The molecule has 5 heteroatoms. The standard InChI is InChI=1S/C19H16O5/c1-4-5-6-7-13-8-12-9-15(21)19(3)17(14(12)10-23-13)16(11(2)20)18(22)24-19/h4-10H,1-3H3/b5-4+,7-6+/t19-/m1/s1. The van der Waals surface area contributed by atoms with Gasteiger partial charge < -0.3 is 9.47 Å². The van der Waals surface area contributed by atoms with Crippen molar-refractivity contribution in [1.82, 2.24) is 0 Å². The highest BCUT2D eigenvalue weighted by atomic mass is 16.6. The molecule has 0 spiro atoms. The normalized spacial score (nSPS) is 25.9. The molecule has 3 rings (SSSR count). The molecule has 2 heterocycles. The maximum atomic E-state index is 12.5. The van der Waals surface area contributed by atoms with Crippen LogP contribution in [0.5, 0.6) is 0 Å². The third-order valence-corrected chi connectivity index (χ3v) is 4.09. The summed E-state index contributed by atoms with van der Waals surface area (Å²) in [6, 6.07) is 0. The predicted octanol–water partition coefficient (Wildman–Crippen LogP) is 2.63. The second-order valence-corrected chi connectivity index (χ2v) is 5.77. The van der Waals surface area contributed by atoms with Crippen LogP contribution < -0.4 is 0 Å². The number of fused-ring (bicyclic) bond motifs is 3. The summed E-state index contributed by atoms with van der Waals surface area (Å²) in [5.74, 6) is -1.03. The van der Waals surface area contributed by atoms with Gasteiger partial charge in [-0.05, 0) is 44.6 Å². The van der Waals surface area contributed by atoms with Gasteiger partial charge in [-0.1, -0.05) is 18.2 Å². The minimum atomic E-state index is -1.47. The summed E-state index contributed by atoms with van der Waals surface area (Å²) in [7, 11) is 0. The van der Waals surface area contributed by atoms with Gasteiger partial charge >= 0.3 is 5.97 Å². The summed E-state index contributed by atoms with van der Waals surface area (Å²) >= 11 is 0. The molecule has 0 saturated heterocycles. The van der Waals surface area contributed by atoms with Crippen LogP contribution in [0.15, 0.2) is 70.8 Å². The van der Waals surface area contributed by atoms with Crippen LogP contribution >= 0.6 is 0 Å². The van der Waals surface area contributed by atoms with Crippen molar-refractivity contribution in [2.45, 2.75) is 26.4 Å². The van der Waals surface area contributed by atoms with Crippen molar-refractivity contribution in [1.29, 1.82) is 0 Å². The molecule has 0 amide bonds. The van der Waals surface area contributed by atoms with Gasteiger partial charge in [0.2, 0.25) is 5.78 Å². The minimum Gasteiger partial charge on any atom is -0.464 e. The fraction of sp³-hybridized carbons (Fsp3) is 0.211. The van der Waals surface area contributed by atoms with Gasteiger partial charge in [0.25, 0.3) is 0 Å². The Morgan fingerprint density at radius 3 is 2.62 bits per heavy atom. The van der Waals surface area contributed by atoms with Gasteiger partial charge in [-0.3, -0.25) is 9.59 Å². The number of hydrogen-bond donors (Lipinski definition) is 0. The number of ether oxygens (including phenoxy) is 2. The van der Waals surface area contributed by atoms with Gasteiger partial charge in [-0.25, -0.2) is 4.79 Å². The second-order valence-electron chi connectivity index (χ2n) is 5.77. The number of Topliss-reactive ketones (excluding diaryl/α,β-unsaturated/α-hetero) is 1. The van der Waals surface area contributed by atoms with Gasteiger partial charge in [0, 0.05) is 11.1 Å². The first-order valence-corrected chi connectivity index (χ1v) is 7.52. The number of ketones is 2. The second kappa shape index (κ2) is 5.60. The van der Waals surface area contributed by atoms with Crippen LogP contribution in [-0.2, 0) is 23.9 Å². The molecule has 0 aromatic carbocycles. The highest BCUT2D eigenvalue weighted by molar-refractivity contribution is 6.23. The van der Waals surface area contributed by atoms with Crippen LogP contribution in [-0.4, -0.2) is 23.1 Å². The summed E-state index contributed by atoms with van der Waals surface area (Å²) in [6.07, 6.45) is 11.8. The number of carbonyl (C=O) groups excluding carboxylic acids is 3. The lowest BCUT2D eigenvalue weighted by Gasteiger charge is -2.31. The topological polar surface area (TPSA) is 69.7 Å². The molecule has 0 aromatic rings. The Hall–Kier alpha value is -2.95. The Bertz CT molecular complexity index is 845. The third kappa shape index (κ3) is 2.29. The van der Waals surface area contributed by atoms with Gasteiger partial charge in [0.1, 0.15) is 11.3 Å². The van der Waals surface area contributed by atoms with Crippen LogP contribution in [0.2, 0.25) is 0 Å². The minimum absolute atomic E-state index is 0.0902. The molecule has 0 aromatic heterocycles. The monoisotopic (exact) mass is 324 g/mol. The lowest BCUT2D eigenvalue weighted by molar-refractivity contribution is -0.152. The third-order valence-electron chi connectivity index (χ3n) is 4.09. The van der Waals surface area contributed by atoms with Crippen molar-refractivity contribution in [3.05, 3.63) is 70.8 Å². The summed E-state index contributed by atoms with van der Waals surface area (Å²) in [6.45, 7) is 4.68. The Morgan fingerprint density at radius 2 is 1.96 bits per heavy atom. The lowest BCUT2D eigenvalue weighted by atomic mass is 9.76. The first-order valence-electron chi connectivity index (χ1n) is 7.52. The molecule has 1 atom stereocenters. The molecule has 1 aliphatic carbocycles. The molecule has 2 aliphatic heterocycles. The van der Waals surface area contributed by atoms with Crippen molar-refractivity contribution in [3.63, 3.8) is 0 Å². The number of carbonyl (C=O) groups is 3. The maximum Gasteiger partial charge on any atom is 0.343 e. The van der Waals surface area contributed by atoms with E-state index in [1.54, 1.807) is 12.2 Å². The van der Waals surface area contributed by atoms with E-state index in [0.29, 0.717) is 16.9 Å². The Balaban J connectivity index is 2.12. The summed E-state index contributed by atoms with van der Waals surface area (Å²) < 4.78 is 10.8. The molecule has 0 fully saturated rings. The molecule has 0 N–H and O–H groups in total. The van der Waals surface area contributed by atoms with Crippen LogP contribution in [0.25, 0.3) is 0 Å². The zero-order valence-electron chi connectivity index (χ0n) is 13.6. The molecule has 24 heavy (non-hydrogen) atoms.